The number of hydrogen-bond acceptors (Lipinski definition) is 8. The Morgan fingerprint density at radius 2 is 1.18 bits per heavy atom. The van der Waals surface area contributed by atoms with Crippen molar-refractivity contribution in [2.75, 3.05) is 24.5 Å². The third-order valence-electron chi connectivity index (χ3n) is 8.04. The monoisotopic (exact) mass is 864 g/mol. The lowest BCUT2D eigenvalue weighted by atomic mass is 9.91. The zero-order valence-corrected chi connectivity index (χ0v) is 28.3. The van der Waals surface area contributed by atoms with Gasteiger partial charge in [-0.25, -0.2) is 13.4 Å². The lowest BCUT2D eigenvalue weighted by Crippen LogP contribution is -2.75. The van der Waals surface area contributed by atoms with E-state index in [1.54, 1.807) is 30.3 Å². The lowest BCUT2D eigenvalue weighted by Gasteiger charge is -2.44. The normalized spacial score (nSPS) is 18.4. The number of rotatable bonds is 13. The zero-order chi connectivity index (χ0) is 42.0. The number of benzene rings is 2. The van der Waals surface area contributed by atoms with Crippen LogP contribution in [-0.4, -0.2) is 99.8 Å². The summed E-state index contributed by atoms with van der Waals surface area (Å²) in [6.07, 6.45) is -9.43. The number of ether oxygens (including phenoxy) is 1. The Kier molecular flexibility index (Phi) is 11.2. The second-order valence-electron chi connectivity index (χ2n) is 11.7. The van der Waals surface area contributed by atoms with Crippen molar-refractivity contribution < 1.29 is 92.9 Å². The first-order chi connectivity index (χ1) is 24.8. The lowest BCUT2D eigenvalue weighted by molar-refractivity contribution is -0.458. The molecule has 0 radical (unpaired) electrons. The molecule has 3 aromatic rings. The van der Waals surface area contributed by atoms with Gasteiger partial charge in [0.2, 0.25) is 5.13 Å². The molecule has 0 bridgehead atoms. The maximum absolute atomic E-state index is 14.8. The van der Waals surface area contributed by atoms with Crippen molar-refractivity contribution in [1.82, 2.24) is 13.7 Å². The van der Waals surface area contributed by atoms with Crippen LogP contribution in [0, 0.1) is 0 Å². The number of aromatic nitrogens is 2. The van der Waals surface area contributed by atoms with Gasteiger partial charge in [0.25, 0.3) is 10.0 Å². The molecule has 0 aliphatic carbocycles. The average molecular weight is 865 g/mol. The van der Waals surface area contributed by atoms with E-state index in [1.165, 1.54) is 24.3 Å². The molecule has 0 saturated carbocycles. The van der Waals surface area contributed by atoms with Gasteiger partial charge >= 0.3 is 47.0 Å². The highest BCUT2D eigenvalue weighted by Gasteiger charge is 2.96. The summed E-state index contributed by atoms with van der Waals surface area (Å²) in [4.78, 5) is 5.11. The maximum atomic E-state index is 14.8. The van der Waals surface area contributed by atoms with Gasteiger partial charge in [-0.2, -0.15) is 83.3 Å². The second-order valence-corrected chi connectivity index (χ2v) is 14.4. The van der Waals surface area contributed by atoms with E-state index in [-0.39, 0.29) is 16.5 Å². The third kappa shape index (κ3) is 6.91. The Labute approximate surface area is 301 Å². The Morgan fingerprint density at radius 3 is 1.67 bits per heavy atom. The zero-order valence-electron chi connectivity index (χ0n) is 26.7. The first-order valence-electron chi connectivity index (χ1n) is 14.6. The van der Waals surface area contributed by atoms with Gasteiger partial charge in [0.05, 0.1) is 0 Å². The molecule has 1 aromatic heterocycles. The van der Waals surface area contributed by atoms with Gasteiger partial charge < -0.3 is 14.7 Å². The smallest absolute Gasteiger partial charge is 0.457 e. The summed E-state index contributed by atoms with van der Waals surface area (Å²) in [7, 11) is -7.44. The van der Waals surface area contributed by atoms with Crippen LogP contribution in [0.15, 0.2) is 54.6 Å². The van der Waals surface area contributed by atoms with Crippen LogP contribution in [0.3, 0.4) is 0 Å². The van der Waals surface area contributed by atoms with Gasteiger partial charge in [-0.3, -0.25) is 0 Å². The highest BCUT2D eigenvalue weighted by molar-refractivity contribution is 7.90. The summed E-state index contributed by atoms with van der Waals surface area (Å²) >= 11 is 0.525. The van der Waals surface area contributed by atoms with E-state index in [1.807, 2.05) is 0 Å². The number of hydrogen-bond donors (Lipinski definition) is 1. The number of sulfonamides is 1. The number of nitrogens with zero attached hydrogens (tertiary/aromatic N) is 4. The molecule has 1 N–H and O–H groups in total. The fourth-order valence-corrected chi connectivity index (χ4v) is 7.18. The third-order valence-corrected chi connectivity index (χ3v) is 10.7. The predicted octanol–water partition coefficient (Wildman–Crippen LogP) is 8.22. The molecule has 0 amide bonds. The molecule has 2 atom stereocenters. The molecule has 55 heavy (non-hydrogen) atoms. The van der Waals surface area contributed by atoms with Crippen LogP contribution in [0.2, 0.25) is 0 Å². The van der Waals surface area contributed by atoms with Crippen molar-refractivity contribution in [2.45, 2.75) is 66.0 Å². The number of alkyl halides is 17. The van der Waals surface area contributed by atoms with E-state index < -0.39 is 93.1 Å². The minimum Gasteiger partial charge on any atom is -0.457 e. The number of para-hydroxylation sites is 1. The second kappa shape index (κ2) is 14.0. The molecule has 1 fully saturated rings. The standard InChI is InChI=1S/C28H21F17N4O4S2/c1-14-13-48(11-12-49(14)20-46-19(47-54-20)18(50)15-7-9-17(10-8-15)53-16-5-3-2-4-6-16)55(51,52)28(44,45)26(39,40)24(35,36)22(31,32)21(29,30)23(33,34)25(37,38)27(41,42)43/h2-10,14,18,50H,11-13H2,1H3. The summed E-state index contributed by atoms with van der Waals surface area (Å²) in [5, 5.41) is 2.93. The van der Waals surface area contributed by atoms with Crippen LogP contribution in [-0.2, 0) is 10.0 Å². The molecule has 1 aliphatic rings. The van der Waals surface area contributed by atoms with Crippen LogP contribution >= 0.6 is 11.5 Å². The first kappa shape index (κ1) is 44.0. The van der Waals surface area contributed by atoms with E-state index in [2.05, 4.69) is 9.36 Å². The fourth-order valence-electron chi connectivity index (χ4n) is 4.85. The largest absolute Gasteiger partial charge is 0.460 e. The molecule has 8 nitrogen and oxygen atoms in total. The number of aliphatic hydroxyl groups is 1. The molecule has 1 saturated heterocycles. The van der Waals surface area contributed by atoms with Crippen LogP contribution in [0.4, 0.5) is 79.8 Å². The SMILES string of the molecule is CC1CN(S(=O)(=O)C(F)(F)C(F)(F)C(F)(F)C(F)(F)C(F)(F)C(F)(F)C(F)(F)C(F)(F)F)CCN1c1nc(C(O)c2ccc(Oc3ccccc3)cc2)ns1. The topological polar surface area (TPSA) is 95.9 Å². The van der Waals surface area contributed by atoms with Crippen molar-refractivity contribution in [3.05, 3.63) is 66.0 Å². The van der Waals surface area contributed by atoms with E-state index in [0.29, 0.717) is 23.0 Å². The van der Waals surface area contributed by atoms with E-state index in [0.717, 1.165) is 11.8 Å². The molecule has 2 heterocycles. The number of halogens is 17. The highest BCUT2D eigenvalue weighted by atomic mass is 32.2. The molecule has 2 aromatic carbocycles. The van der Waals surface area contributed by atoms with Crippen LogP contribution in [0.25, 0.3) is 0 Å². The summed E-state index contributed by atoms with van der Waals surface area (Å²) < 4.78 is 267. The molecule has 308 valence electrons. The van der Waals surface area contributed by atoms with Gasteiger partial charge in [0.15, 0.2) is 5.82 Å². The quantitative estimate of drug-likeness (QED) is 0.173. The van der Waals surface area contributed by atoms with Crippen LogP contribution in [0.1, 0.15) is 24.4 Å². The average Bonchev–Trinajstić information content (AvgIpc) is 3.57. The van der Waals surface area contributed by atoms with E-state index in [4.69, 9.17) is 4.74 Å². The van der Waals surface area contributed by atoms with E-state index in [9.17, 15) is 88.2 Å². The van der Waals surface area contributed by atoms with Gasteiger partial charge in [0, 0.05) is 37.2 Å². The van der Waals surface area contributed by atoms with Crippen molar-refractivity contribution >= 4 is 26.7 Å². The minimum absolute atomic E-state index is 0.176. The number of aliphatic hydroxyl groups excluding tert-OH is 1. The van der Waals surface area contributed by atoms with Crippen molar-refractivity contribution in [3.63, 3.8) is 0 Å². The number of piperazine rings is 1. The van der Waals surface area contributed by atoms with Crippen molar-refractivity contribution in [3.8, 4) is 11.5 Å². The summed E-state index contributed by atoms with van der Waals surface area (Å²) in [6, 6.07) is 12.8. The van der Waals surface area contributed by atoms with E-state index >= 15 is 0 Å². The molecule has 1 aliphatic heterocycles. The number of anilines is 1. The van der Waals surface area contributed by atoms with Crippen LogP contribution in [0.5, 0.6) is 11.5 Å². The van der Waals surface area contributed by atoms with Gasteiger partial charge in [0.1, 0.15) is 17.6 Å². The van der Waals surface area contributed by atoms with Crippen LogP contribution < -0.4 is 9.64 Å². The maximum Gasteiger partial charge on any atom is 0.460 e. The fraction of sp³-hybridized carbons (Fsp3) is 0.500. The molecule has 4 rings (SSSR count). The highest BCUT2D eigenvalue weighted by Crippen LogP contribution is 2.64. The molecular weight excluding hydrogens is 843 g/mol. The minimum atomic E-state index is -8.91. The Hall–Kier alpha value is -3.72. The Morgan fingerprint density at radius 1 is 0.709 bits per heavy atom. The molecule has 27 heteroatoms. The molecule has 0 spiro atoms. The molecule has 2 unspecified atom stereocenters. The Balaban J connectivity index is 1.52. The summed E-state index contributed by atoms with van der Waals surface area (Å²) in [5.41, 5.74) is 0.217. The van der Waals surface area contributed by atoms with Gasteiger partial charge in [-0.15, -0.1) is 0 Å². The predicted molar refractivity (Wildman–Crippen MR) is 155 cm³/mol. The summed E-state index contributed by atoms with van der Waals surface area (Å²) in [5.74, 6) is -51.4. The van der Waals surface area contributed by atoms with Crippen molar-refractivity contribution in [1.29, 1.82) is 0 Å². The Bertz CT molecular complexity index is 1930. The van der Waals surface area contributed by atoms with Gasteiger partial charge in [-0.1, -0.05) is 30.3 Å². The van der Waals surface area contributed by atoms with Gasteiger partial charge in [-0.05, 0) is 36.8 Å². The molecular formula is C28H21F17N4O4S2. The first-order valence-corrected chi connectivity index (χ1v) is 16.8. The summed E-state index contributed by atoms with van der Waals surface area (Å²) in [6.45, 7) is -2.65. The van der Waals surface area contributed by atoms with Crippen molar-refractivity contribution in [2.24, 2.45) is 0 Å².